The van der Waals surface area contributed by atoms with Gasteiger partial charge >= 0.3 is 0 Å². The van der Waals surface area contributed by atoms with E-state index in [-0.39, 0.29) is 10.8 Å². The molecule has 1 heterocycles. The van der Waals surface area contributed by atoms with Crippen LogP contribution in [0.5, 0.6) is 11.5 Å². The van der Waals surface area contributed by atoms with Crippen molar-refractivity contribution in [2.75, 3.05) is 37.3 Å². The van der Waals surface area contributed by atoms with Crippen LogP contribution < -0.4 is 19.5 Å². The van der Waals surface area contributed by atoms with Crippen molar-refractivity contribution in [1.82, 2.24) is 4.90 Å². The number of methoxy groups -OCH3 is 2. The Labute approximate surface area is 225 Å². The number of benzene rings is 3. The van der Waals surface area contributed by atoms with Gasteiger partial charge in [-0.3, -0.25) is 9.52 Å². The second-order valence-corrected chi connectivity index (χ2v) is 11.6. The van der Waals surface area contributed by atoms with E-state index in [0.717, 1.165) is 17.7 Å². The fourth-order valence-corrected chi connectivity index (χ4v) is 6.13. The third-order valence-corrected chi connectivity index (χ3v) is 8.06. The number of amides is 1. The number of rotatable bonds is 9. The molecule has 3 aromatic carbocycles. The summed E-state index contributed by atoms with van der Waals surface area (Å²) in [5.74, 6) is 1.89. The quantitative estimate of drug-likeness (QED) is 0.388. The second-order valence-electron chi connectivity index (χ2n) is 9.91. The minimum Gasteiger partial charge on any atom is -0.497 e. The summed E-state index contributed by atoms with van der Waals surface area (Å²) < 4.78 is 40.4. The van der Waals surface area contributed by atoms with Gasteiger partial charge in [0.2, 0.25) is 0 Å². The van der Waals surface area contributed by atoms with Crippen LogP contribution in [0, 0.1) is 11.8 Å². The highest BCUT2D eigenvalue weighted by atomic mass is 32.2. The lowest BCUT2D eigenvalue weighted by Crippen LogP contribution is -2.42. The number of hydrogen-bond donors (Lipinski definition) is 2. The zero-order valence-electron chi connectivity index (χ0n) is 22.2. The minimum atomic E-state index is -4.05. The topological polar surface area (TPSA) is 97.0 Å². The average Bonchev–Trinajstić information content (AvgIpc) is 2.91. The van der Waals surface area contributed by atoms with Crippen LogP contribution in [-0.2, 0) is 16.6 Å². The summed E-state index contributed by atoms with van der Waals surface area (Å²) in [7, 11) is -0.926. The predicted octanol–water partition coefficient (Wildman–Crippen LogP) is 5.23. The number of nitrogens with one attached hydrogen (secondary N) is 2. The minimum absolute atomic E-state index is 0.00205. The highest BCUT2D eigenvalue weighted by molar-refractivity contribution is 7.92. The highest BCUT2D eigenvalue weighted by Gasteiger charge is 2.28. The number of nitrogens with zero attached hydrogens (tertiary/aromatic N) is 1. The van der Waals surface area contributed by atoms with E-state index in [1.54, 1.807) is 43.5 Å². The molecule has 0 spiro atoms. The first-order valence-electron chi connectivity index (χ1n) is 12.7. The molecule has 1 amide bonds. The first-order valence-corrected chi connectivity index (χ1v) is 14.1. The van der Waals surface area contributed by atoms with E-state index >= 15 is 0 Å². The van der Waals surface area contributed by atoms with Crippen LogP contribution in [0.3, 0.4) is 0 Å². The number of anilines is 2. The van der Waals surface area contributed by atoms with Crippen LogP contribution >= 0.6 is 0 Å². The summed E-state index contributed by atoms with van der Waals surface area (Å²) in [5, 5.41) is 3.23. The van der Waals surface area contributed by atoms with Gasteiger partial charge in [0.1, 0.15) is 16.4 Å². The molecule has 1 aliphatic heterocycles. The fraction of sp³-hybridized carbons (Fsp3) is 0.345. The lowest BCUT2D eigenvalue weighted by atomic mass is 9.91. The molecule has 0 aliphatic carbocycles. The Morgan fingerprint density at radius 1 is 0.921 bits per heavy atom. The molecular formula is C29H35N3O5S. The summed E-state index contributed by atoms with van der Waals surface area (Å²) >= 11 is 0. The summed E-state index contributed by atoms with van der Waals surface area (Å²) in [6, 6.07) is 19.0. The Bertz CT molecular complexity index is 1370. The van der Waals surface area contributed by atoms with Crippen LogP contribution in [0.1, 0.15) is 36.2 Å². The second kappa shape index (κ2) is 11.8. The van der Waals surface area contributed by atoms with E-state index in [0.29, 0.717) is 54.2 Å². The van der Waals surface area contributed by atoms with Crippen molar-refractivity contribution < 1.29 is 22.7 Å². The monoisotopic (exact) mass is 537 g/mol. The molecule has 0 aromatic heterocycles. The Hall–Kier alpha value is -3.72. The van der Waals surface area contributed by atoms with Gasteiger partial charge in [0.15, 0.2) is 0 Å². The number of piperidine rings is 1. The summed E-state index contributed by atoms with van der Waals surface area (Å²) in [6.07, 6.45) is 1.07. The molecule has 3 aromatic rings. The largest absolute Gasteiger partial charge is 0.497 e. The number of carbonyl (C=O) groups is 1. The van der Waals surface area contributed by atoms with Crippen molar-refractivity contribution in [3.8, 4) is 11.5 Å². The third-order valence-electron chi connectivity index (χ3n) is 6.64. The maximum atomic E-state index is 13.6. The lowest BCUT2D eigenvalue weighted by Gasteiger charge is -2.35. The van der Waals surface area contributed by atoms with E-state index in [1.807, 2.05) is 29.2 Å². The van der Waals surface area contributed by atoms with Crippen molar-refractivity contribution >= 4 is 27.3 Å². The maximum absolute atomic E-state index is 13.6. The van der Waals surface area contributed by atoms with E-state index in [2.05, 4.69) is 23.9 Å². The van der Waals surface area contributed by atoms with Crippen molar-refractivity contribution in [3.63, 3.8) is 0 Å². The molecule has 2 atom stereocenters. The van der Waals surface area contributed by atoms with Gasteiger partial charge in [-0.15, -0.1) is 0 Å². The fourth-order valence-electron chi connectivity index (χ4n) is 4.87. The Morgan fingerprint density at radius 2 is 1.61 bits per heavy atom. The van der Waals surface area contributed by atoms with Crippen LogP contribution in [0.4, 0.5) is 11.4 Å². The molecule has 202 valence electrons. The van der Waals surface area contributed by atoms with E-state index in [4.69, 9.17) is 9.47 Å². The number of carbonyl (C=O) groups excluding carboxylic acids is 1. The predicted molar refractivity (Wildman–Crippen MR) is 149 cm³/mol. The van der Waals surface area contributed by atoms with Gasteiger partial charge in [-0.25, -0.2) is 8.42 Å². The summed E-state index contributed by atoms with van der Waals surface area (Å²) in [5.41, 5.74) is 2.05. The number of sulfonamides is 1. The van der Waals surface area contributed by atoms with Gasteiger partial charge in [-0.2, -0.15) is 0 Å². The molecule has 0 radical (unpaired) electrons. The average molecular weight is 538 g/mol. The first kappa shape index (κ1) is 27.3. The SMILES string of the molecule is COc1ccc(CNc2ccc(C(=O)N3CC(C)CC(C)C3)cc2S(=O)(=O)Nc2cccc(OC)c2)cc1. The molecule has 38 heavy (non-hydrogen) atoms. The van der Waals surface area contributed by atoms with Gasteiger partial charge in [0.05, 0.1) is 25.6 Å². The normalized spacial score (nSPS) is 17.5. The van der Waals surface area contributed by atoms with Gasteiger partial charge in [0.25, 0.3) is 15.9 Å². The van der Waals surface area contributed by atoms with Crippen molar-refractivity contribution in [2.45, 2.75) is 31.7 Å². The Kier molecular flexibility index (Phi) is 8.46. The standard InChI is InChI=1S/C29H35N3O5S/c1-20-14-21(2)19-32(18-20)29(33)23-10-13-27(30-17-22-8-11-25(36-3)12-9-22)28(15-23)38(34,35)31-24-6-5-7-26(16-24)37-4/h5-13,15-16,20-21,30-31H,14,17-19H2,1-4H3. The van der Waals surface area contributed by atoms with E-state index in [1.165, 1.54) is 13.2 Å². The van der Waals surface area contributed by atoms with Gasteiger partial charge < -0.3 is 19.7 Å². The van der Waals surface area contributed by atoms with Gasteiger partial charge in [-0.1, -0.05) is 32.0 Å². The van der Waals surface area contributed by atoms with Gasteiger partial charge in [-0.05, 0) is 66.3 Å². The molecule has 1 fully saturated rings. The van der Waals surface area contributed by atoms with Crippen molar-refractivity contribution in [3.05, 3.63) is 77.9 Å². The molecule has 4 rings (SSSR count). The van der Waals surface area contributed by atoms with Crippen LogP contribution in [-0.4, -0.2) is 46.5 Å². The van der Waals surface area contributed by atoms with Crippen LogP contribution in [0.25, 0.3) is 0 Å². The Morgan fingerprint density at radius 3 is 2.26 bits per heavy atom. The number of ether oxygens (including phenoxy) is 2. The van der Waals surface area contributed by atoms with E-state index in [9.17, 15) is 13.2 Å². The Balaban J connectivity index is 1.66. The highest BCUT2D eigenvalue weighted by Crippen LogP contribution is 2.29. The maximum Gasteiger partial charge on any atom is 0.263 e. The third kappa shape index (κ3) is 6.58. The molecule has 0 saturated carbocycles. The number of likely N-dealkylation sites (tertiary alicyclic amines) is 1. The zero-order chi connectivity index (χ0) is 27.3. The van der Waals surface area contributed by atoms with Crippen molar-refractivity contribution in [1.29, 1.82) is 0 Å². The number of hydrogen-bond acceptors (Lipinski definition) is 6. The van der Waals surface area contributed by atoms with Gasteiger partial charge in [0, 0.05) is 31.3 Å². The van der Waals surface area contributed by atoms with E-state index < -0.39 is 10.0 Å². The molecular weight excluding hydrogens is 502 g/mol. The van der Waals surface area contributed by atoms with Crippen LogP contribution in [0.2, 0.25) is 0 Å². The molecule has 2 unspecified atom stereocenters. The first-order chi connectivity index (χ1) is 18.2. The molecule has 0 bridgehead atoms. The molecule has 1 aliphatic rings. The summed E-state index contributed by atoms with van der Waals surface area (Å²) in [6.45, 7) is 5.97. The smallest absolute Gasteiger partial charge is 0.263 e. The molecule has 8 nitrogen and oxygen atoms in total. The molecule has 9 heteroatoms. The lowest BCUT2D eigenvalue weighted by molar-refractivity contribution is 0.0623. The van der Waals surface area contributed by atoms with Crippen LogP contribution in [0.15, 0.2) is 71.6 Å². The summed E-state index contributed by atoms with van der Waals surface area (Å²) in [4.78, 5) is 15.2. The van der Waals surface area contributed by atoms with Crippen molar-refractivity contribution in [2.24, 2.45) is 11.8 Å². The molecule has 2 N–H and O–H groups in total. The molecule has 1 saturated heterocycles. The zero-order valence-corrected chi connectivity index (χ0v) is 23.0.